The second-order valence-electron chi connectivity index (χ2n) is 4.12. The van der Waals surface area contributed by atoms with E-state index < -0.39 is 0 Å². The number of H-pyrrole nitrogens is 1. The minimum Gasteiger partial charge on any atom is -0.399 e. The van der Waals surface area contributed by atoms with E-state index in [1.807, 2.05) is 30.3 Å². The van der Waals surface area contributed by atoms with Crippen molar-refractivity contribution < 1.29 is 4.79 Å². The van der Waals surface area contributed by atoms with Gasteiger partial charge in [0.15, 0.2) is 6.29 Å². The Kier molecular flexibility index (Phi) is 2.34. The Hall–Kier alpha value is -2.62. The van der Waals surface area contributed by atoms with E-state index in [4.69, 9.17) is 5.73 Å². The summed E-state index contributed by atoms with van der Waals surface area (Å²) >= 11 is 0. The molecule has 18 heavy (non-hydrogen) atoms. The summed E-state index contributed by atoms with van der Waals surface area (Å²) in [5.41, 5.74) is 9.77. The van der Waals surface area contributed by atoms with Gasteiger partial charge in [0, 0.05) is 16.8 Å². The number of nitrogens with two attached hydrogens (primary N) is 1. The van der Waals surface area contributed by atoms with Gasteiger partial charge in [-0.15, -0.1) is 0 Å². The number of nitrogens with zero attached hydrogens (tertiary/aromatic N) is 1. The third-order valence-electron chi connectivity index (χ3n) is 2.87. The summed E-state index contributed by atoms with van der Waals surface area (Å²) in [7, 11) is 0. The number of rotatable bonds is 2. The third kappa shape index (κ3) is 1.73. The summed E-state index contributed by atoms with van der Waals surface area (Å²) in [6.45, 7) is 0. The molecule has 0 radical (unpaired) electrons. The molecule has 4 heteroatoms. The molecule has 0 aliphatic heterocycles. The zero-order valence-electron chi connectivity index (χ0n) is 9.55. The molecule has 0 saturated heterocycles. The van der Waals surface area contributed by atoms with Crippen LogP contribution in [-0.2, 0) is 0 Å². The molecule has 0 spiro atoms. The van der Waals surface area contributed by atoms with Gasteiger partial charge in [-0.05, 0) is 29.8 Å². The van der Waals surface area contributed by atoms with Crippen molar-refractivity contribution in [3.8, 4) is 11.3 Å². The predicted molar refractivity (Wildman–Crippen MR) is 71.3 cm³/mol. The van der Waals surface area contributed by atoms with Crippen LogP contribution in [0.1, 0.15) is 10.5 Å². The van der Waals surface area contributed by atoms with E-state index in [9.17, 15) is 4.79 Å². The molecule has 0 atom stereocenters. The Labute approximate surface area is 103 Å². The monoisotopic (exact) mass is 237 g/mol. The first-order valence-corrected chi connectivity index (χ1v) is 5.56. The molecular formula is C14H11N3O. The van der Waals surface area contributed by atoms with Crippen molar-refractivity contribution in [2.24, 2.45) is 0 Å². The molecule has 1 aromatic carbocycles. The van der Waals surface area contributed by atoms with Crippen LogP contribution in [0, 0.1) is 0 Å². The molecule has 3 aromatic rings. The fraction of sp³-hybridized carbons (Fsp3) is 0. The number of anilines is 1. The zero-order valence-corrected chi connectivity index (χ0v) is 9.55. The third-order valence-corrected chi connectivity index (χ3v) is 2.87. The Morgan fingerprint density at radius 1 is 1.17 bits per heavy atom. The normalized spacial score (nSPS) is 10.7. The number of nitrogens with one attached hydrogen (secondary N) is 1. The Bertz CT molecular complexity index is 713. The molecule has 3 rings (SSSR count). The molecule has 0 fully saturated rings. The molecule has 0 aliphatic rings. The molecule has 2 heterocycles. The number of benzene rings is 1. The van der Waals surface area contributed by atoms with Crippen LogP contribution in [0.25, 0.3) is 22.2 Å². The van der Waals surface area contributed by atoms with Crippen molar-refractivity contribution in [2.75, 3.05) is 5.73 Å². The minimum absolute atomic E-state index is 0.436. The van der Waals surface area contributed by atoms with Crippen molar-refractivity contribution in [3.63, 3.8) is 0 Å². The maximum Gasteiger partial charge on any atom is 0.168 e. The van der Waals surface area contributed by atoms with Gasteiger partial charge >= 0.3 is 0 Å². The van der Waals surface area contributed by atoms with Gasteiger partial charge in [-0.3, -0.25) is 9.78 Å². The van der Waals surface area contributed by atoms with E-state index in [-0.39, 0.29) is 0 Å². The van der Waals surface area contributed by atoms with Crippen LogP contribution < -0.4 is 5.73 Å². The SMILES string of the molecule is Nc1ccc(-c2cc3cc(C=O)ncc3[nH]2)cc1. The summed E-state index contributed by atoms with van der Waals surface area (Å²) in [5.74, 6) is 0. The topological polar surface area (TPSA) is 71.8 Å². The number of carbonyl (C=O) groups is 1. The Balaban J connectivity index is 2.12. The molecule has 0 aliphatic carbocycles. The maximum absolute atomic E-state index is 10.7. The van der Waals surface area contributed by atoms with Gasteiger partial charge in [0.25, 0.3) is 0 Å². The van der Waals surface area contributed by atoms with Crippen LogP contribution in [0.4, 0.5) is 5.69 Å². The lowest BCUT2D eigenvalue weighted by molar-refractivity contribution is 0.111. The van der Waals surface area contributed by atoms with Gasteiger partial charge in [0.05, 0.1) is 11.7 Å². The van der Waals surface area contributed by atoms with Crippen LogP contribution in [0.3, 0.4) is 0 Å². The van der Waals surface area contributed by atoms with Crippen LogP contribution in [0.5, 0.6) is 0 Å². The van der Waals surface area contributed by atoms with Crippen molar-refractivity contribution in [1.29, 1.82) is 0 Å². The summed E-state index contributed by atoms with van der Waals surface area (Å²) in [6, 6.07) is 11.4. The number of pyridine rings is 1. The summed E-state index contributed by atoms with van der Waals surface area (Å²) in [5, 5.41) is 0.971. The van der Waals surface area contributed by atoms with Crippen molar-refractivity contribution in [2.45, 2.75) is 0 Å². The van der Waals surface area contributed by atoms with Gasteiger partial charge in [0.2, 0.25) is 0 Å². The van der Waals surface area contributed by atoms with E-state index in [0.717, 1.165) is 34.1 Å². The van der Waals surface area contributed by atoms with Crippen LogP contribution >= 0.6 is 0 Å². The Morgan fingerprint density at radius 3 is 2.67 bits per heavy atom. The van der Waals surface area contributed by atoms with Crippen LogP contribution in [-0.4, -0.2) is 16.3 Å². The van der Waals surface area contributed by atoms with Crippen molar-refractivity contribution in [1.82, 2.24) is 9.97 Å². The van der Waals surface area contributed by atoms with Gasteiger partial charge in [-0.25, -0.2) is 0 Å². The minimum atomic E-state index is 0.436. The lowest BCUT2D eigenvalue weighted by Gasteiger charge is -1.97. The lowest BCUT2D eigenvalue weighted by atomic mass is 10.1. The molecule has 0 saturated carbocycles. The number of aromatic nitrogens is 2. The van der Waals surface area contributed by atoms with E-state index in [1.165, 1.54) is 0 Å². The Morgan fingerprint density at radius 2 is 1.94 bits per heavy atom. The molecule has 88 valence electrons. The number of aromatic amines is 1. The highest BCUT2D eigenvalue weighted by molar-refractivity contribution is 5.89. The van der Waals surface area contributed by atoms with E-state index in [2.05, 4.69) is 9.97 Å². The first-order valence-electron chi connectivity index (χ1n) is 5.56. The fourth-order valence-corrected chi connectivity index (χ4v) is 1.93. The van der Waals surface area contributed by atoms with Crippen LogP contribution in [0.2, 0.25) is 0 Å². The van der Waals surface area contributed by atoms with Crippen molar-refractivity contribution in [3.05, 3.63) is 48.3 Å². The zero-order chi connectivity index (χ0) is 12.5. The predicted octanol–water partition coefficient (Wildman–Crippen LogP) is 2.62. The molecule has 3 N–H and O–H groups in total. The number of carbonyl (C=O) groups excluding carboxylic acids is 1. The molecule has 0 amide bonds. The fourth-order valence-electron chi connectivity index (χ4n) is 1.93. The second kappa shape index (κ2) is 4.00. The van der Waals surface area contributed by atoms with Crippen molar-refractivity contribution >= 4 is 22.9 Å². The molecule has 4 nitrogen and oxygen atoms in total. The first-order chi connectivity index (χ1) is 8.76. The second-order valence-corrected chi connectivity index (χ2v) is 4.12. The number of aldehydes is 1. The number of hydrogen-bond donors (Lipinski definition) is 2. The highest BCUT2D eigenvalue weighted by Gasteiger charge is 2.04. The van der Waals surface area contributed by atoms with Crippen LogP contribution in [0.15, 0.2) is 42.6 Å². The lowest BCUT2D eigenvalue weighted by Crippen LogP contribution is -1.84. The highest BCUT2D eigenvalue weighted by Crippen LogP contribution is 2.24. The standard InChI is InChI=1S/C14H11N3O/c15-11-3-1-9(2-4-11)13-6-10-5-12(8-18)16-7-14(10)17-13/h1-8,17H,15H2. The first kappa shape index (κ1) is 10.5. The quantitative estimate of drug-likeness (QED) is 0.531. The van der Waals surface area contributed by atoms with Gasteiger partial charge < -0.3 is 10.7 Å². The molecule has 2 aromatic heterocycles. The van der Waals surface area contributed by atoms with Gasteiger partial charge in [0.1, 0.15) is 5.69 Å². The number of fused-ring (bicyclic) bond motifs is 1. The van der Waals surface area contributed by atoms with Gasteiger partial charge in [-0.1, -0.05) is 12.1 Å². The summed E-state index contributed by atoms with van der Waals surface area (Å²) in [6.07, 6.45) is 2.41. The molecule has 0 bridgehead atoms. The van der Waals surface area contributed by atoms with E-state index >= 15 is 0 Å². The number of nitrogen functional groups attached to an aromatic ring is 1. The smallest absolute Gasteiger partial charge is 0.168 e. The average Bonchev–Trinajstić information content (AvgIpc) is 2.82. The molecule has 0 unspecified atom stereocenters. The highest BCUT2D eigenvalue weighted by atomic mass is 16.1. The maximum atomic E-state index is 10.7. The van der Waals surface area contributed by atoms with Gasteiger partial charge in [-0.2, -0.15) is 0 Å². The average molecular weight is 237 g/mol. The summed E-state index contributed by atoms with van der Waals surface area (Å²) in [4.78, 5) is 18.0. The largest absolute Gasteiger partial charge is 0.399 e. The van der Waals surface area contributed by atoms with E-state index in [1.54, 1.807) is 12.3 Å². The summed E-state index contributed by atoms with van der Waals surface area (Å²) < 4.78 is 0. The molecular weight excluding hydrogens is 226 g/mol. The van der Waals surface area contributed by atoms with E-state index in [0.29, 0.717) is 5.69 Å². The number of hydrogen-bond acceptors (Lipinski definition) is 3.